The molecule has 0 spiro atoms. The number of rotatable bonds is 28. The SMILES string of the molecule is [N-]=[N+]=NCCOCCOCCOCCOCCOCCOCCOCCOCCNC(=O)CBr. The van der Waals surface area contributed by atoms with Gasteiger partial charge in [0.25, 0.3) is 0 Å². The van der Waals surface area contributed by atoms with Gasteiger partial charge in [0.1, 0.15) is 0 Å². The monoisotopic (exact) mass is 558 g/mol. The van der Waals surface area contributed by atoms with Gasteiger partial charge in [-0.15, -0.1) is 0 Å². The minimum absolute atomic E-state index is 0.0579. The van der Waals surface area contributed by atoms with Crippen molar-refractivity contribution in [3.05, 3.63) is 10.4 Å². The van der Waals surface area contributed by atoms with Crippen LogP contribution >= 0.6 is 15.9 Å². The van der Waals surface area contributed by atoms with Crippen molar-refractivity contribution in [1.82, 2.24) is 5.32 Å². The molecule has 13 nitrogen and oxygen atoms in total. The number of amides is 1. The van der Waals surface area contributed by atoms with Gasteiger partial charge in [-0.1, -0.05) is 21.0 Å². The molecule has 34 heavy (non-hydrogen) atoms. The minimum atomic E-state index is -0.0579. The van der Waals surface area contributed by atoms with Crippen LogP contribution in [-0.2, 0) is 42.7 Å². The largest absolute Gasteiger partial charge is 0.379 e. The zero-order valence-corrected chi connectivity index (χ0v) is 21.4. The number of halogens is 1. The molecular formula is C20H39BrN4O9. The fraction of sp³-hybridized carbons (Fsp3) is 0.950. The molecule has 0 heterocycles. The molecular weight excluding hydrogens is 520 g/mol. The van der Waals surface area contributed by atoms with Gasteiger partial charge < -0.3 is 43.2 Å². The third kappa shape index (κ3) is 29.0. The molecule has 0 aliphatic heterocycles. The van der Waals surface area contributed by atoms with Crippen molar-refractivity contribution in [3.63, 3.8) is 0 Å². The lowest BCUT2D eigenvalue weighted by molar-refractivity contribution is -0.118. The van der Waals surface area contributed by atoms with Gasteiger partial charge in [-0.25, -0.2) is 0 Å². The van der Waals surface area contributed by atoms with Crippen LogP contribution in [0.3, 0.4) is 0 Å². The topological polar surface area (TPSA) is 152 Å². The van der Waals surface area contributed by atoms with Gasteiger partial charge in [-0.3, -0.25) is 4.79 Å². The summed E-state index contributed by atoms with van der Waals surface area (Å²) < 4.78 is 42.9. The summed E-state index contributed by atoms with van der Waals surface area (Å²) in [6.07, 6.45) is 0. The van der Waals surface area contributed by atoms with Gasteiger partial charge in [0.15, 0.2) is 0 Å². The Labute approximate surface area is 209 Å². The minimum Gasteiger partial charge on any atom is -0.379 e. The number of nitrogens with one attached hydrogen (secondary N) is 1. The van der Waals surface area contributed by atoms with Crippen molar-refractivity contribution in [2.75, 3.05) is 124 Å². The molecule has 0 radical (unpaired) electrons. The molecule has 0 fully saturated rings. The second-order valence-corrected chi connectivity index (χ2v) is 6.90. The lowest BCUT2D eigenvalue weighted by Gasteiger charge is -2.08. The fourth-order valence-corrected chi connectivity index (χ4v) is 2.30. The van der Waals surface area contributed by atoms with Crippen LogP contribution in [-0.4, -0.2) is 130 Å². The maximum atomic E-state index is 11.0. The van der Waals surface area contributed by atoms with E-state index >= 15 is 0 Å². The Morgan fingerprint density at radius 2 is 0.941 bits per heavy atom. The highest BCUT2D eigenvalue weighted by molar-refractivity contribution is 9.09. The first-order chi connectivity index (χ1) is 16.8. The van der Waals surface area contributed by atoms with E-state index in [2.05, 4.69) is 31.3 Å². The highest BCUT2D eigenvalue weighted by Gasteiger charge is 1.97. The summed E-state index contributed by atoms with van der Waals surface area (Å²) in [5.74, 6) is -0.0579. The second kappa shape index (κ2) is 30.0. The zero-order valence-electron chi connectivity index (χ0n) is 19.8. The van der Waals surface area contributed by atoms with E-state index < -0.39 is 0 Å². The van der Waals surface area contributed by atoms with Gasteiger partial charge >= 0.3 is 0 Å². The molecule has 0 aromatic heterocycles. The molecule has 200 valence electrons. The summed E-state index contributed by atoms with van der Waals surface area (Å²) in [7, 11) is 0. The van der Waals surface area contributed by atoms with Gasteiger partial charge in [-0.05, 0) is 5.53 Å². The van der Waals surface area contributed by atoms with Gasteiger partial charge in [0.05, 0.1) is 111 Å². The summed E-state index contributed by atoms with van der Waals surface area (Å²) >= 11 is 3.07. The summed E-state index contributed by atoms with van der Waals surface area (Å²) in [6, 6.07) is 0. The van der Waals surface area contributed by atoms with Crippen LogP contribution in [0.2, 0.25) is 0 Å². The molecule has 0 aromatic rings. The number of alkyl halides is 1. The van der Waals surface area contributed by atoms with Crippen molar-refractivity contribution >= 4 is 21.8 Å². The van der Waals surface area contributed by atoms with Crippen LogP contribution in [0.4, 0.5) is 0 Å². The molecule has 0 aliphatic carbocycles. The van der Waals surface area contributed by atoms with E-state index in [0.29, 0.717) is 124 Å². The summed E-state index contributed by atoms with van der Waals surface area (Å²) in [4.78, 5) is 13.6. The molecule has 14 heteroatoms. The third-order valence-electron chi connectivity index (χ3n) is 3.69. The molecule has 1 N–H and O–H groups in total. The standard InChI is InChI=1S/C20H39BrN4O9/c21-19-20(26)23-1-3-27-5-7-29-9-11-31-13-15-33-17-18-34-16-14-32-12-10-30-8-6-28-4-2-24-25-22/h1-19H2,(H,23,26). The van der Waals surface area contributed by atoms with Crippen molar-refractivity contribution in [2.45, 2.75) is 0 Å². The Bertz CT molecular complexity index is 489. The van der Waals surface area contributed by atoms with Gasteiger partial charge in [0.2, 0.25) is 5.91 Å². The molecule has 0 unspecified atom stereocenters. The van der Waals surface area contributed by atoms with Crippen molar-refractivity contribution in [3.8, 4) is 0 Å². The molecule has 0 bridgehead atoms. The molecule has 0 saturated carbocycles. The Morgan fingerprint density at radius 1 is 0.618 bits per heavy atom. The smallest absolute Gasteiger partial charge is 0.230 e. The molecule has 0 rings (SSSR count). The zero-order chi connectivity index (χ0) is 24.8. The van der Waals surface area contributed by atoms with Crippen LogP contribution in [0.5, 0.6) is 0 Å². The predicted molar refractivity (Wildman–Crippen MR) is 127 cm³/mol. The van der Waals surface area contributed by atoms with Crippen molar-refractivity contribution in [1.29, 1.82) is 0 Å². The van der Waals surface area contributed by atoms with Crippen LogP contribution in [0, 0.1) is 0 Å². The van der Waals surface area contributed by atoms with Crippen LogP contribution < -0.4 is 5.32 Å². The normalized spacial score (nSPS) is 10.9. The molecule has 0 aromatic carbocycles. The quantitative estimate of drug-likeness (QED) is 0.0485. The summed E-state index contributed by atoms with van der Waals surface area (Å²) in [5, 5.41) is 6.35. The fourth-order valence-electron chi connectivity index (χ4n) is 2.10. The Kier molecular flexibility index (Phi) is 29.0. The Balaban J connectivity index is 3.04. The number of ether oxygens (including phenoxy) is 8. The van der Waals surface area contributed by atoms with Crippen molar-refractivity contribution < 1.29 is 42.7 Å². The molecule has 0 atom stereocenters. The highest BCUT2D eigenvalue weighted by Crippen LogP contribution is 1.86. The van der Waals surface area contributed by atoms with E-state index in [-0.39, 0.29) is 5.91 Å². The maximum absolute atomic E-state index is 11.0. The number of nitrogens with zero attached hydrogens (tertiary/aromatic N) is 3. The molecule has 0 aliphatic rings. The van der Waals surface area contributed by atoms with E-state index in [1.807, 2.05) is 0 Å². The lowest BCUT2D eigenvalue weighted by Crippen LogP contribution is -2.28. The van der Waals surface area contributed by atoms with E-state index in [1.54, 1.807) is 0 Å². The van der Waals surface area contributed by atoms with E-state index in [4.69, 9.17) is 43.4 Å². The average Bonchev–Trinajstić information content (AvgIpc) is 2.85. The van der Waals surface area contributed by atoms with Crippen LogP contribution in [0.25, 0.3) is 10.4 Å². The number of hydrogen-bond donors (Lipinski definition) is 1. The first-order valence-electron chi connectivity index (χ1n) is 11.3. The summed E-state index contributed by atoms with van der Waals surface area (Å²) in [6.45, 7) is 8.49. The van der Waals surface area contributed by atoms with Gasteiger partial charge in [0, 0.05) is 18.0 Å². The van der Waals surface area contributed by atoms with Crippen molar-refractivity contribution in [2.24, 2.45) is 5.11 Å². The number of azide groups is 1. The van der Waals surface area contributed by atoms with E-state index in [9.17, 15) is 4.79 Å². The Hall–Kier alpha value is -1.06. The maximum Gasteiger partial charge on any atom is 0.230 e. The van der Waals surface area contributed by atoms with Crippen LogP contribution in [0.15, 0.2) is 5.11 Å². The highest BCUT2D eigenvalue weighted by atomic mass is 79.9. The van der Waals surface area contributed by atoms with Crippen LogP contribution in [0.1, 0.15) is 0 Å². The van der Waals surface area contributed by atoms with E-state index in [1.165, 1.54) is 0 Å². The summed E-state index contributed by atoms with van der Waals surface area (Å²) in [5.41, 5.74) is 8.10. The lowest BCUT2D eigenvalue weighted by atomic mass is 10.6. The number of carbonyl (C=O) groups is 1. The molecule has 1 amide bonds. The van der Waals surface area contributed by atoms with Gasteiger partial charge in [-0.2, -0.15) is 0 Å². The third-order valence-corrected chi connectivity index (χ3v) is 4.20. The first kappa shape index (κ1) is 32.9. The van der Waals surface area contributed by atoms with E-state index in [0.717, 1.165) is 0 Å². The predicted octanol–water partition coefficient (Wildman–Crippen LogP) is 0.941. The number of carbonyl (C=O) groups excluding carboxylic acids is 1. The second-order valence-electron chi connectivity index (χ2n) is 6.34. The molecule has 0 saturated heterocycles. The Morgan fingerprint density at radius 3 is 1.26 bits per heavy atom. The number of hydrogen-bond acceptors (Lipinski definition) is 10. The first-order valence-corrected chi connectivity index (χ1v) is 12.4. The average molecular weight is 559 g/mol.